The van der Waals surface area contributed by atoms with E-state index in [1.54, 1.807) is 0 Å². The van der Waals surface area contributed by atoms with Crippen LogP contribution in [0.25, 0.3) is 0 Å². The average molecular weight is 653 g/mol. The molecule has 2 nitrogen and oxygen atoms in total. The third-order valence-corrected chi connectivity index (χ3v) is 18.4. The lowest BCUT2D eigenvalue weighted by atomic mass is 10.3. The Labute approximate surface area is 283 Å². The Balaban J connectivity index is 1.24. The van der Waals surface area contributed by atoms with Gasteiger partial charge in [0.05, 0.1) is 23.7 Å². The maximum atomic E-state index is 3.88. The molecule has 0 heterocycles. The van der Waals surface area contributed by atoms with E-state index in [2.05, 4.69) is 194 Å². The van der Waals surface area contributed by atoms with Gasteiger partial charge in [-0.15, -0.1) is 0 Å². The molecule has 0 unspecified atom stereocenters. The number of benzene rings is 6. The molecule has 0 saturated carbocycles. The first kappa shape index (κ1) is 32.7. The Morgan fingerprint density at radius 3 is 0.936 bits per heavy atom. The van der Waals surface area contributed by atoms with E-state index in [-0.39, 0.29) is 0 Å². The van der Waals surface area contributed by atoms with Gasteiger partial charge in [0.25, 0.3) is 0 Å². The lowest BCUT2D eigenvalue weighted by Crippen LogP contribution is -2.34. The van der Waals surface area contributed by atoms with Crippen molar-refractivity contribution in [3.63, 3.8) is 0 Å². The van der Waals surface area contributed by atoms with Gasteiger partial charge in [0.2, 0.25) is 0 Å². The van der Waals surface area contributed by atoms with Crippen LogP contribution < -0.4 is 42.5 Å². The van der Waals surface area contributed by atoms with Crippen LogP contribution in [0.2, 0.25) is 0 Å². The summed E-state index contributed by atoms with van der Waals surface area (Å²) in [5, 5.41) is 16.4. The molecule has 4 heteroatoms. The smallest absolute Gasteiger partial charge is 0.127 e. The van der Waals surface area contributed by atoms with Gasteiger partial charge in [-0.25, -0.2) is 0 Å². The SMILES string of the molecule is CC[P+](c1ccccc1)(c1ccccc1)c1ccccc1NCCCNc1ccccc1[P+](CC)(c1ccccc1)c1ccccc1. The third-order valence-electron chi connectivity index (χ3n) is 9.35. The Hall–Kier alpha value is -4.22. The number of hydrogen-bond donors (Lipinski definition) is 2. The minimum atomic E-state index is -1.84. The van der Waals surface area contributed by atoms with Gasteiger partial charge in [0.15, 0.2) is 0 Å². The second-order valence-electron chi connectivity index (χ2n) is 11.8. The van der Waals surface area contributed by atoms with E-state index in [1.807, 2.05) is 0 Å². The molecule has 0 fully saturated rings. The highest BCUT2D eigenvalue weighted by molar-refractivity contribution is 7.96. The summed E-state index contributed by atoms with van der Waals surface area (Å²) in [6.45, 7) is 6.50. The quantitative estimate of drug-likeness (QED) is 0.0916. The van der Waals surface area contributed by atoms with Crippen molar-refractivity contribution in [2.45, 2.75) is 20.3 Å². The fourth-order valence-electron chi connectivity index (χ4n) is 7.10. The first-order chi connectivity index (χ1) is 23.2. The summed E-state index contributed by atoms with van der Waals surface area (Å²) in [5.74, 6) is 0. The highest BCUT2D eigenvalue weighted by Gasteiger charge is 2.46. The van der Waals surface area contributed by atoms with Gasteiger partial charge < -0.3 is 10.6 Å². The molecule has 6 rings (SSSR count). The lowest BCUT2D eigenvalue weighted by molar-refractivity contribution is 0.911. The summed E-state index contributed by atoms with van der Waals surface area (Å²) in [6.07, 6.45) is 3.15. The van der Waals surface area contributed by atoms with E-state index in [1.165, 1.54) is 43.2 Å². The molecule has 0 aliphatic rings. The Kier molecular flexibility index (Phi) is 10.8. The second kappa shape index (κ2) is 15.6. The number of rotatable bonds is 14. The molecule has 6 aromatic carbocycles. The predicted octanol–water partition coefficient (Wildman–Crippen LogP) is 8.23. The van der Waals surface area contributed by atoms with Crippen molar-refractivity contribution in [2.75, 3.05) is 36.0 Å². The molecule has 0 radical (unpaired) electrons. The number of hydrogen-bond acceptors (Lipinski definition) is 2. The van der Waals surface area contributed by atoms with Crippen LogP contribution in [0.5, 0.6) is 0 Å². The number of anilines is 2. The van der Waals surface area contributed by atoms with Gasteiger partial charge >= 0.3 is 0 Å². The molecule has 2 N–H and O–H groups in total. The Morgan fingerprint density at radius 2 is 0.638 bits per heavy atom. The van der Waals surface area contributed by atoms with E-state index in [0.717, 1.165) is 31.8 Å². The molecule has 47 heavy (non-hydrogen) atoms. The van der Waals surface area contributed by atoms with E-state index < -0.39 is 14.5 Å². The van der Waals surface area contributed by atoms with E-state index in [4.69, 9.17) is 0 Å². The summed E-state index contributed by atoms with van der Waals surface area (Å²) in [6, 6.07) is 62.6. The summed E-state index contributed by atoms with van der Waals surface area (Å²) in [5.41, 5.74) is 2.50. The summed E-state index contributed by atoms with van der Waals surface area (Å²) in [4.78, 5) is 0. The largest absolute Gasteiger partial charge is 0.382 e. The Bertz CT molecular complexity index is 1610. The van der Waals surface area contributed by atoms with Crippen molar-refractivity contribution in [2.24, 2.45) is 0 Å². The topological polar surface area (TPSA) is 24.1 Å². The molecule has 0 aliphatic heterocycles. The molecule has 236 valence electrons. The molecule has 0 amide bonds. The maximum absolute atomic E-state index is 3.88. The minimum absolute atomic E-state index is 0.894. The molecule has 0 aliphatic carbocycles. The predicted molar refractivity (Wildman–Crippen MR) is 213 cm³/mol. The van der Waals surface area contributed by atoms with Gasteiger partial charge in [-0.1, -0.05) is 97.1 Å². The third kappa shape index (κ3) is 6.64. The minimum Gasteiger partial charge on any atom is -0.382 e. The van der Waals surface area contributed by atoms with E-state index in [9.17, 15) is 0 Å². The molecular formula is C43H46N2P2+2. The van der Waals surface area contributed by atoms with Crippen molar-refractivity contribution >= 4 is 57.7 Å². The van der Waals surface area contributed by atoms with Crippen molar-refractivity contribution in [3.05, 3.63) is 170 Å². The molecular weight excluding hydrogens is 606 g/mol. The van der Waals surface area contributed by atoms with E-state index >= 15 is 0 Å². The molecule has 0 aromatic heterocycles. The van der Waals surface area contributed by atoms with Crippen LogP contribution >= 0.6 is 14.5 Å². The molecule has 0 saturated heterocycles. The summed E-state index contributed by atoms with van der Waals surface area (Å²) >= 11 is 0. The average Bonchev–Trinajstić information content (AvgIpc) is 3.15. The number of para-hydroxylation sites is 2. The highest BCUT2D eigenvalue weighted by Crippen LogP contribution is 2.57. The van der Waals surface area contributed by atoms with Crippen LogP contribution in [-0.2, 0) is 0 Å². The zero-order valence-corrected chi connectivity index (χ0v) is 29.4. The van der Waals surface area contributed by atoms with Crippen molar-refractivity contribution < 1.29 is 0 Å². The van der Waals surface area contributed by atoms with Crippen molar-refractivity contribution in [1.29, 1.82) is 0 Å². The lowest BCUT2D eigenvalue weighted by Gasteiger charge is -2.28. The van der Waals surface area contributed by atoms with Gasteiger partial charge in [0.1, 0.15) is 46.4 Å². The molecule has 0 spiro atoms. The molecule has 6 aromatic rings. The van der Waals surface area contributed by atoms with Crippen LogP contribution in [0.4, 0.5) is 11.4 Å². The fraction of sp³-hybridized carbons (Fsp3) is 0.163. The molecule has 0 atom stereocenters. The molecule has 0 bridgehead atoms. The Morgan fingerprint density at radius 1 is 0.362 bits per heavy atom. The van der Waals surface area contributed by atoms with Crippen molar-refractivity contribution in [1.82, 2.24) is 0 Å². The first-order valence-corrected chi connectivity index (χ1v) is 20.8. The van der Waals surface area contributed by atoms with Gasteiger partial charge in [-0.3, -0.25) is 0 Å². The van der Waals surface area contributed by atoms with E-state index in [0.29, 0.717) is 0 Å². The van der Waals surface area contributed by atoms with Crippen molar-refractivity contribution in [3.8, 4) is 0 Å². The van der Waals surface area contributed by atoms with Gasteiger partial charge in [-0.2, -0.15) is 0 Å². The van der Waals surface area contributed by atoms with Gasteiger partial charge in [-0.05, 0) is 93.1 Å². The van der Waals surface area contributed by atoms with Crippen LogP contribution in [0.1, 0.15) is 20.3 Å². The standard InChI is InChI=1S/C43H46N2P2/c1-3-46(36-22-9-5-10-23-36,37-24-11-6-12-25-37)42-32-19-17-30-40(42)44-34-21-35-45-41-31-18-20-33-43(41)47(4-2,38-26-13-7-14-27-38)39-28-15-8-16-29-39/h5-20,22-33,44-45H,3-4,21,34-35H2,1-2H3/q+2. The first-order valence-electron chi connectivity index (χ1n) is 16.9. The van der Waals surface area contributed by atoms with Crippen LogP contribution in [-0.4, -0.2) is 25.4 Å². The monoisotopic (exact) mass is 652 g/mol. The normalized spacial score (nSPS) is 11.6. The van der Waals surface area contributed by atoms with Crippen LogP contribution in [0, 0.1) is 0 Å². The fourth-order valence-corrected chi connectivity index (χ4v) is 15.5. The zero-order valence-electron chi connectivity index (χ0n) is 27.6. The maximum Gasteiger partial charge on any atom is 0.127 e. The second-order valence-corrected chi connectivity index (χ2v) is 19.4. The highest BCUT2D eigenvalue weighted by atomic mass is 31.2. The zero-order chi connectivity index (χ0) is 32.4. The number of nitrogens with one attached hydrogen (secondary N) is 2. The summed E-state index contributed by atoms with van der Waals surface area (Å²) in [7, 11) is -3.67. The van der Waals surface area contributed by atoms with Gasteiger partial charge in [0, 0.05) is 13.1 Å². The summed E-state index contributed by atoms with van der Waals surface area (Å²) < 4.78 is 0. The van der Waals surface area contributed by atoms with Crippen LogP contribution in [0.15, 0.2) is 170 Å². The van der Waals surface area contributed by atoms with Crippen LogP contribution in [0.3, 0.4) is 0 Å².